The van der Waals surface area contributed by atoms with E-state index in [2.05, 4.69) is 19.2 Å². The fourth-order valence-electron chi connectivity index (χ4n) is 2.66. The van der Waals surface area contributed by atoms with Crippen LogP contribution >= 0.6 is 0 Å². The van der Waals surface area contributed by atoms with Gasteiger partial charge < -0.3 is 19.5 Å². The van der Waals surface area contributed by atoms with Gasteiger partial charge in [0.2, 0.25) is 0 Å². The molecular formula is C21H23NO5. The van der Waals surface area contributed by atoms with Crippen LogP contribution in [0.5, 0.6) is 11.5 Å². The van der Waals surface area contributed by atoms with Gasteiger partial charge >= 0.3 is 5.97 Å². The van der Waals surface area contributed by atoms with Crippen LogP contribution in [0.25, 0.3) is 0 Å². The third kappa shape index (κ3) is 5.00. The predicted octanol–water partition coefficient (Wildman–Crippen LogP) is 2.92. The number of esters is 1. The summed E-state index contributed by atoms with van der Waals surface area (Å²) in [4.78, 5) is 24.0. The van der Waals surface area contributed by atoms with E-state index in [-0.39, 0.29) is 25.2 Å². The minimum Gasteiger partial charge on any atom is -0.486 e. The Bertz CT molecular complexity index is 800. The van der Waals surface area contributed by atoms with Crippen molar-refractivity contribution < 1.29 is 23.8 Å². The lowest BCUT2D eigenvalue weighted by molar-refractivity contribution is -0.124. The van der Waals surface area contributed by atoms with Crippen molar-refractivity contribution in [2.45, 2.75) is 25.9 Å². The van der Waals surface area contributed by atoms with Crippen molar-refractivity contribution in [3.63, 3.8) is 0 Å². The quantitative estimate of drug-likeness (QED) is 0.793. The molecule has 6 heteroatoms. The normalized spacial score (nSPS) is 15.3. The second-order valence-corrected chi connectivity index (χ2v) is 6.65. The molecule has 0 aliphatic carbocycles. The largest absolute Gasteiger partial charge is 0.486 e. The second kappa shape index (κ2) is 8.58. The standard InChI is InChI=1S/C21H23NO5/c1-14(2)15-7-9-16(10-8-15)21(24)26-13-20(23)22-11-17-12-25-18-5-3-4-6-19(18)27-17/h3-10,14,17H,11-13H2,1-2H3,(H,22,23)/t17-/m1/s1. The Kier molecular flexibility index (Phi) is 5.96. The van der Waals surface area contributed by atoms with Gasteiger partial charge in [0.25, 0.3) is 5.91 Å². The average molecular weight is 369 g/mol. The average Bonchev–Trinajstić information content (AvgIpc) is 2.70. The molecule has 1 aliphatic heterocycles. The second-order valence-electron chi connectivity index (χ2n) is 6.65. The number of nitrogens with one attached hydrogen (secondary N) is 1. The molecule has 3 rings (SSSR count). The Hall–Kier alpha value is -3.02. The first-order chi connectivity index (χ1) is 13.0. The van der Waals surface area contributed by atoms with E-state index in [1.54, 1.807) is 12.1 Å². The minimum absolute atomic E-state index is 0.272. The summed E-state index contributed by atoms with van der Waals surface area (Å²) in [5.41, 5.74) is 1.56. The van der Waals surface area contributed by atoms with Gasteiger partial charge in [-0.25, -0.2) is 4.79 Å². The van der Waals surface area contributed by atoms with Gasteiger partial charge in [-0.3, -0.25) is 4.79 Å². The highest BCUT2D eigenvalue weighted by atomic mass is 16.6. The number of rotatable bonds is 6. The molecular weight excluding hydrogens is 346 g/mol. The number of para-hydroxylation sites is 2. The maximum Gasteiger partial charge on any atom is 0.338 e. The van der Waals surface area contributed by atoms with Crippen molar-refractivity contribution >= 4 is 11.9 Å². The molecule has 0 fully saturated rings. The van der Waals surface area contributed by atoms with Crippen LogP contribution in [0.15, 0.2) is 48.5 Å². The van der Waals surface area contributed by atoms with Gasteiger partial charge in [-0.1, -0.05) is 38.1 Å². The summed E-state index contributed by atoms with van der Waals surface area (Å²) in [6.45, 7) is 4.44. The topological polar surface area (TPSA) is 73.9 Å². The van der Waals surface area contributed by atoms with Crippen molar-refractivity contribution in [1.82, 2.24) is 5.32 Å². The molecule has 1 heterocycles. The lowest BCUT2D eigenvalue weighted by Gasteiger charge is -2.26. The van der Waals surface area contributed by atoms with Crippen LogP contribution in [-0.2, 0) is 9.53 Å². The summed E-state index contributed by atoms with van der Waals surface area (Å²) in [5, 5.41) is 2.69. The first-order valence-electron chi connectivity index (χ1n) is 8.95. The maximum atomic E-state index is 12.0. The molecule has 2 aromatic rings. The lowest BCUT2D eigenvalue weighted by Crippen LogP contribution is -2.42. The Labute approximate surface area is 158 Å². The molecule has 1 amide bonds. The van der Waals surface area contributed by atoms with Crippen molar-refractivity contribution in [3.05, 3.63) is 59.7 Å². The number of benzene rings is 2. The molecule has 1 aliphatic rings. The van der Waals surface area contributed by atoms with Gasteiger partial charge in [-0.05, 0) is 35.7 Å². The molecule has 0 aromatic heterocycles. The van der Waals surface area contributed by atoms with Gasteiger partial charge in [0.1, 0.15) is 12.7 Å². The fraction of sp³-hybridized carbons (Fsp3) is 0.333. The van der Waals surface area contributed by atoms with Crippen LogP contribution in [0.4, 0.5) is 0 Å². The minimum atomic E-state index is -0.522. The predicted molar refractivity (Wildman–Crippen MR) is 100 cm³/mol. The Balaban J connectivity index is 1.41. The molecule has 0 spiro atoms. The van der Waals surface area contributed by atoms with Gasteiger partial charge in [-0.15, -0.1) is 0 Å². The number of hydrogen-bond donors (Lipinski definition) is 1. The van der Waals surface area contributed by atoms with Crippen LogP contribution in [0.1, 0.15) is 35.7 Å². The smallest absolute Gasteiger partial charge is 0.338 e. The number of hydrogen-bond acceptors (Lipinski definition) is 5. The maximum absolute atomic E-state index is 12.0. The third-order valence-electron chi connectivity index (χ3n) is 4.24. The number of carbonyl (C=O) groups excluding carboxylic acids is 2. The summed E-state index contributed by atoms with van der Waals surface area (Å²) in [7, 11) is 0. The summed E-state index contributed by atoms with van der Waals surface area (Å²) < 4.78 is 16.4. The summed E-state index contributed by atoms with van der Waals surface area (Å²) in [5.74, 6) is 0.826. The van der Waals surface area contributed by atoms with Gasteiger partial charge in [0.05, 0.1) is 12.1 Å². The molecule has 0 saturated carbocycles. The monoisotopic (exact) mass is 369 g/mol. The van der Waals surface area contributed by atoms with E-state index in [1.807, 2.05) is 36.4 Å². The van der Waals surface area contributed by atoms with E-state index >= 15 is 0 Å². The first-order valence-corrected chi connectivity index (χ1v) is 8.95. The summed E-state index contributed by atoms with van der Waals surface area (Å²) >= 11 is 0. The zero-order valence-electron chi connectivity index (χ0n) is 15.4. The van der Waals surface area contributed by atoms with Crippen molar-refractivity contribution in [3.8, 4) is 11.5 Å². The van der Waals surface area contributed by atoms with E-state index in [0.29, 0.717) is 29.6 Å². The van der Waals surface area contributed by atoms with Crippen LogP contribution in [0.3, 0.4) is 0 Å². The fourth-order valence-corrected chi connectivity index (χ4v) is 2.66. The molecule has 6 nitrogen and oxygen atoms in total. The lowest BCUT2D eigenvalue weighted by atomic mass is 10.0. The Morgan fingerprint density at radius 1 is 1.11 bits per heavy atom. The zero-order valence-corrected chi connectivity index (χ0v) is 15.4. The summed E-state index contributed by atoms with van der Waals surface area (Å²) in [6.07, 6.45) is -0.289. The summed E-state index contributed by atoms with van der Waals surface area (Å²) in [6, 6.07) is 14.6. The highest BCUT2D eigenvalue weighted by Gasteiger charge is 2.21. The number of carbonyl (C=O) groups is 2. The molecule has 0 saturated heterocycles. The molecule has 27 heavy (non-hydrogen) atoms. The van der Waals surface area contributed by atoms with Crippen molar-refractivity contribution in [2.75, 3.05) is 19.8 Å². The number of ether oxygens (including phenoxy) is 3. The molecule has 0 radical (unpaired) electrons. The van der Waals surface area contributed by atoms with Gasteiger partial charge in [0.15, 0.2) is 18.1 Å². The van der Waals surface area contributed by atoms with E-state index in [9.17, 15) is 9.59 Å². The van der Waals surface area contributed by atoms with Crippen molar-refractivity contribution in [2.24, 2.45) is 0 Å². The van der Waals surface area contributed by atoms with Crippen LogP contribution in [-0.4, -0.2) is 37.7 Å². The van der Waals surface area contributed by atoms with Crippen LogP contribution in [0, 0.1) is 0 Å². The van der Waals surface area contributed by atoms with Crippen LogP contribution < -0.4 is 14.8 Å². The van der Waals surface area contributed by atoms with Crippen molar-refractivity contribution in [1.29, 1.82) is 0 Å². The van der Waals surface area contributed by atoms with E-state index in [4.69, 9.17) is 14.2 Å². The zero-order chi connectivity index (χ0) is 19.2. The van der Waals surface area contributed by atoms with Crippen LogP contribution in [0.2, 0.25) is 0 Å². The molecule has 1 atom stereocenters. The highest BCUT2D eigenvalue weighted by Crippen LogP contribution is 2.30. The molecule has 0 bridgehead atoms. The first kappa shape index (κ1) is 18.8. The van der Waals surface area contributed by atoms with E-state index in [1.165, 1.54) is 0 Å². The van der Waals surface area contributed by atoms with Gasteiger partial charge in [0, 0.05) is 0 Å². The number of amides is 1. The van der Waals surface area contributed by atoms with E-state index in [0.717, 1.165) is 5.56 Å². The molecule has 2 aromatic carbocycles. The highest BCUT2D eigenvalue weighted by molar-refractivity contribution is 5.91. The molecule has 1 N–H and O–H groups in total. The Morgan fingerprint density at radius 3 is 2.52 bits per heavy atom. The number of fused-ring (bicyclic) bond motifs is 1. The van der Waals surface area contributed by atoms with E-state index < -0.39 is 5.97 Å². The SMILES string of the molecule is CC(C)c1ccc(C(=O)OCC(=O)NC[C@@H]2COc3ccccc3O2)cc1. The third-order valence-corrected chi connectivity index (χ3v) is 4.24. The van der Waals surface area contributed by atoms with Gasteiger partial charge in [-0.2, -0.15) is 0 Å². The molecule has 142 valence electrons. The Morgan fingerprint density at radius 2 is 1.81 bits per heavy atom. The molecule has 0 unspecified atom stereocenters.